The largest absolute Gasteiger partial charge is 0.454 e. The normalized spacial score (nSPS) is 12.7. The monoisotopic (exact) mass is 376 g/mol. The summed E-state index contributed by atoms with van der Waals surface area (Å²) in [7, 11) is -3.34. The summed E-state index contributed by atoms with van der Waals surface area (Å²) in [6, 6.07) is 11.6. The SMILES string of the molecule is CCN(c1ccc(C(=O)Nc2ccc3c(c2)OCO3)cc1)S(=O)(=O)CC. The molecule has 138 valence electrons. The number of hydrogen-bond donors (Lipinski definition) is 1. The fraction of sp³-hybridized carbons (Fsp3) is 0.278. The molecule has 26 heavy (non-hydrogen) atoms. The van der Waals surface area contributed by atoms with Crippen molar-refractivity contribution in [1.29, 1.82) is 0 Å². The van der Waals surface area contributed by atoms with Gasteiger partial charge < -0.3 is 14.8 Å². The van der Waals surface area contributed by atoms with E-state index < -0.39 is 10.0 Å². The summed E-state index contributed by atoms with van der Waals surface area (Å²) in [5.74, 6) is 0.954. The molecule has 0 radical (unpaired) electrons. The van der Waals surface area contributed by atoms with Crippen LogP contribution in [-0.4, -0.2) is 33.4 Å². The summed E-state index contributed by atoms with van der Waals surface area (Å²) < 4.78 is 36.1. The Morgan fingerprint density at radius 3 is 2.42 bits per heavy atom. The Balaban J connectivity index is 1.75. The van der Waals surface area contributed by atoms with Crippen molar-refractivity contribution in [1.82, 2.24) is 0 Å². The second-order valence-electron chi connectivity index (χ2n) is 5.63. The van der Waals surface area contributed by atoms with E-state index in [4.69, 9.17) is 9.47 Å². The van der Waals surface area contributed by atoms with Gasteiger partial charge in [-0.05, 0) is 50.2 Å². The van der Waals surface area contributed by atoms with Crippen LogP contribution in [0.25, 0.3) is 0 Å². The van der Waals surface area contributed by atoms with Crippen LogP contribution in [0.5, 0.6) is 11.5 Å². The molecule has 0 bridgehead atoms. The standard InChI is InChI=1S/C18H20N2O5S/c1-3-20(26(22,23)4-2)15-8-5-13(6-9-15)18(21)19-14-7-10-16-17(11-14)25-12-24-16/h5-11H,3-4,12H2,1-2H3,(H,19,21). The van der Waals surface area contributed by atoms with Gasteiger partial charge in [0.25, 0.3) is 5.91 Å². The molecular weight excluding hydrogens is 356 g/mol. The zero-order valence-electron chi connectivity index (χ0n) is 14.6. The minimum Gasteiger partial charge on any atom is -0.454 e. The molecule has 0 aliphatic carbocycles. The van der Waals surface area contributed by atoms with E-state index in [0.717, 1.165) is 0 Å². The maximum Gasteiger partial charge on any atom is 0.255 e. The number of fused-ring (bicyclic) bond motifs is 1. The Morgan fingerprint density at radius 1 is 1.08 bits per heavy atom. The van der Waals surface area contributed by atoms with Crippen LogP contribution in [0.1, 0.15) is 24.2 Å². The predicted octanol–water partition coefficient (Wildman–Crippen LogP) is 2.84. The third kappa shape index (κ3) is 3.60. The first-order valence-electron chi connectivity index (χ1n) is 8.26. The van der Waals surface area contributed by atoms with E-state index in [2.05, 4.69) is 5.32 Å². The molecule has 0 saturated heterocycles. The molecule has 1 heterocycles. The van der Waals surface area contributed by atoms with E-state index in [0.29, 0.717) is 35.0 Å². The summed E-state index contributed by atoms with van der Waals surface area (Å²) in [5, 5.41) is 2.79. The lowest BCUT2D eigenvalue weighted by Gasteiger charge is -2.22. The van der Waals surface area contributed by atoms with Crippen molar-refractivity contribution >= 4 is 27.3 Å². The second kappa shape index (κ2) is 7.25. The fourth-order valence-corrected chi connectivity index (χ4v) is 3.80. The number of sulfonamides is 1. The van der Waals surface area contributed by atoms with Gasteiger partial charge in [-0.2, -0.15) is 0 Å². The first-order chi connectivity index (χ1) is 12.4. The van der Waals surface area contributed by atoms with Crippen LogP contribution in [-0.2, 0) is 10.0 Å². The van der Waals surface area contributed by atoms with Crippen LogP contribution in [0, 0.1) is 0 Å². The number of ether oxygens (including phenoxy) is 2. The van der Waals surface area contributed by atoms with Crippen molar-refractivity contribution < 1.29 is 22.7 Å². The molecule has 0 saturated carbocycles. The highest BCUT2D eigenvalue weighted by Crippen LogP contribution is 2.34. The second-order valence-corrected chi connectivity index (χ2v) is 7.82. The Kier molecular flexibility index (Phi) is 5.03. The molecule has 0 spiro atoms. The lowest BCUT2D eigenvalue weighted by atomic mass is 10.2. The molecule has 2 aromatic rings. The van der Waals surface area contributed by atoms with E-state index in [9.17, 15) is 13.2 Å². The molecule has 2 aromatic carbocycles. The highest BCUT2D eigenvalue weighted by atomic mass is 32.2. The molecule has 1 aliphatic rings. The van der Waals surface area contributed by atoms with Gasteiger partial charge in [-0.25, -0.2) is 8.42 Å². The summed E-state index contributed by atoms with van der Waals surface area (Å²) in [4.78, 5) is 12.4. The van der Waals surface area contributed by atoms with E-state index in [-0.39, 0.29) is 18.5 Å². The first kappa shape index (κ1) is 18.1. The van der Waals surface area contributed by atoms with Crippen molar-refractivity contribution in [2.45, 2.75) is 13.8 Å². The molecule has 0 unspecified atom stereocenters. The van der Waals surface area contributed by atoms with Crippen LogP contribution >= 0.6 is 0 Å². The zero-order valence-corrected chi connectivity index (χ0v) is 15.4. The number of rotatable bonds is 6. The average molecular weight is 376 g/mol. The van der Waals surface area contributed by atoms with Crippen molar-refractivity contribution in [2.75, 3.05) is 28.7 Å². The molecule has 0 atom stereocenters. The number of anilines is 2. The molecule has 0 fully saturated rings. The maximum absolute atomic E-state index is 12.4. The van der Waals surface area contributed by atoms with E-state index in [1.807, 2.05) is 0 Å². The topological polar surface area (TPSA) is 84.9 Å². The predicted molar refractivity (Wildman–Crippen MR) is 99.4 cm³/mol. The first-order valence-corrected chi connectivity index (χ1v) is 9.87. The van der Waals surface area contributed by atoms with Gasteiger partial charge in [0.2, 0.25) is 16.8 Å². The van der Waals surface area contributed by atoms with Crippen molar-refractivity contribution in [2.24, 2.45) is 0 Å². The minimum absolute atomic E-state index is 0.0210. The van der Waals surface area contributed by atoms with Gasteiger partial charge in [-0.1, -0.05) is 0 Å². The van der Waals surface area contributed by atoms with Crippen LogP contribution in [0.3, 0.4) is 0 Å². The number of hydrogen-bond acceptors (Lipinski definition) is 5. The highest BCUT2D eigenvalue weighted by Gasteiger charge is 2.19. The third-order valence-corrected chi connectivity index (χ3v) is 5.91. The Bertz CT molecular complexity index is 910. The number of carbonyl (C=O) groups excluding carboxylic acids is 1. The molecule has 3 rings (SSSR count). The van der Waals surface area contributed by atoms with E-state index in [1.165, 1.54) is 4.31 Å². The summed E-state index contributed by atoms with van der Waals surface area (Å²) in [6.45, 7) is 3.88. The van der Waals surface area contributed by atoms with Gasteiger partial charge in [-0.15, -0.1) is 0 Å². The van der Waals surface area contributed by atoms with Crippen LogP contribution in [0.4, 0.5) is 11.4 Å². The summed E-state index contributed by atoms with van der Waals surface area (Å²) >= 11 is 0. The van der Waals surface area contributed by atoms with Crippen molar-refractivity contribution in [3.05, 3.63) is 48.0 Å². The van der Waals surface area contributed by atoms with E-state index in [1.54, 1.807) is 56.3 Å². The highest BCUT2D eigenvalue weighted by molar-refractivity contribution is 7.92. The van der Waals surface area contributed by atoms with Crippen LogP contribution < -0.4 is 19.1 Å². The number of nitrogens with one attached hydrogen (secondary N) is 1. The van der Waals surface area contributed by atoms with E-state index >= 15 is 0 Å². The molecule has 7 nitrogen and oxygen atoms in total. The van der Waals surface area contributed by atoms with Crippen molar-refractivity contribution in [3.63, 3.8) is 0 Å². The Morgan fingerprint density at radius 2 is 1.77 bits per heavy atom. The number of nitrogens with zero attached hydrogens (tertiary/aromatic N) is 1. The minimum atomic E-state index is -3.34. The fourth-order valence-electron chi connectivity index (χ4n) is 2.65. The Hall–Kier alpha value is -2.74. The van der Waals surface area contributed by atoms with Gasteiger partial charge in [0.1, 0.15) is 0 Å². The number of benzene rings is 2. The van der Waals surface area contributed by atoms with Gasteiger partial charge >= 0.3 is 0 Å². The smallest absolute Gasteiger partial charge is 0.255 e. The van der Waals surface area contributed by atoms with Gasteiger partial charge in [0, 0.05) is 23.9 Å². The lowest BCUT2D eigenvalue weighted by molar-refractivity contribution is 0.102. The number of amides is 1. The molecular formula is C18H20N2O5S. The molecule has 0 aromatic heterocycles. The van der Waals surface area contributed by atoms with Crippen LogP contribution in [0.2, 0.25) is 0 Å². The molecule has 8 heteroatoms. The van der Waals surface area contributed by atoms with Crippen LogP contribution in [0.15, 0.2) is 42.5 Å². The van der Waals surface area contributed by atoms with Gasteiger partial charge in [0.15, 0.2) is 11.5 Å². The molecule has 1 N–H and O–H groups in total. The van der Waals surface area contributed by atoms with Crippen molar-refractivity contribution in [3.8, 4) is 11.5 Å². The molecule has 1 amide bonds. The third-order valence-electron chi connectivity index (χ3n) is 4.04. The summed E-state index contributed by atoms with van der Waals surface area (Å²) in [5.41, 5.74) is 1.55. The summed E-state index contributed by atoms with van der Waals surface area (Å²) in [6.07, 6.45) is 0. The zero-order chi connectivity index (χ0) is 18.7. The lowest BCUT2D eigenvalue weighted by Crippen LogP contribution is -2.32. The number of carbonyl (C=O) groups is 1. The van der Waals surface area contributed by atoms with Gasteiger partial charge in [0.05, 0.1) is 11.4 Å². The average Bonchev–Trinajstić information content (AvgIpc) is 3.10. The molecule has 1 aliphatic heterocycles. The van der Waals surface area contributed by atoms with Gasteiger partial charge in [-0.3, -0.25) is 9.10 Å². The maximum atomic E-state index is 12.4. The Labute approximate surface area is 152 Å². The quantitative estimate of drug-likeness (QED) is 0.838.